The maximum absolute atomic E-state index is 12.4. The van der Waals surface area contributed by atoms with Crippen LogP contribution in [0.15, 0.2) is 17.2 Å². The third-order valence-corrected chi connectivity index (χ3v) is 5.01. The molecule has 1 aromatic heterocycles. The summed E-state index contributed by atoms with van der Waals surface area (Å²) in [5.74, 6) is 0. The molecule has 2 rings (SSSR count). The number of aromatic nitrogens is 1. The second-order valence-corrected chi connectivity index (χ2v) is 7.14. The van der Waals surface area contributed by atoms with Crippen LogP contribution in [0.1, 0.15) is 31.9 Å². The summed E-state index contributed by atoms with van der Waals surface area (Å²) in [6.07, 6.45) is 4.62. The van der Waals surface area contributed by atoms with Crippen molar-refractivity contribution in [3.05, 3.63) is 18.0 Å². The minimum Gasteiger partial charge on any atom is -0.377 e. The highest BCUT2D eigenvalue weighted by Crippen LogP contribution is 2.16. The van der Waals surface area contributed by atoms with Gasteiger partial charge in [0.1, 0.15) is 0 Å². The molecule has 1 atom stereocenters. The Morgan fingerprint density at radius 1 is 1.48 bits per heavy atom. The largest absolute Gasteiger partial charge is 0.377 e. The van der Waals surface area contributed by atoms with E-state index >= 15 is 0 Å². The van der Waals surface area contributed by atoms with Crippen molar-refractivity contribution in [1.82, 2.24) is 14.6 Å². The average molecular weight is 315 g/mol. The lowest BCUT2D eigenvalue weighted by Crippen LogP contribution is -2.31. The van der Waals surface area contributed by atoms with E-state index in [4.69, 9.17) is 4.74 Å². The van der Waals surface area contributed by atoms with Gasteiger partial charge in [-0.25, -0.2) is 13.1 Å². The Morgan fingerprint density at radius 2 is 2.29 bits per heavy atom. The predicted molar refractivity (Wildman–Crippen MR) is 81.6 cm³/mol. The number of rotatable bonds is 8. The van der Waals surface area contributed by atoms with E-state index < -0.39 is 10.0 Å². The first kappa shape index (κ1) is 16.5. The van der Waals surface area contributed by atoms with Crippen LogP contribution >= 0.6 is 0 Å². The van der Waals surface area contributed by atoms with Crippen LogP contribution in [0.25, 0.3) is 0 Å². The summed E-state index contributed by atoms with van der Waals surface area (Å²) >= 11 is 0. The molecule has 0 amide bonds. The van der Waals surface area contributed by atoms with E-state index in [-0.39, 0.29) is 6.10 Å². The van der Waals surface area contributed by atoms with Crippen molar-refractivity contribution < 1.29 is 13.2 Å². The molecule has 0 radical (unpaired) electrons. The van der Waals surface area contributed by atoms with Gasteiger partial charge in [-0.15, -0.1) is 0 Å². The van der Waals surface area contributed by atoms with Crippen LogP contribution in [-0.4, -0.2) is 39.3 Å². The molecule has 1 aliphatic heterocycles. The van der Waals surface area contributed by atoms with E-state index in [1.54, 1.807) is 12.3 Å². The fourth-order valence-corrected chi connectivity index (χ4v) is 3.67. The van der Waals surface area contributed by atoms with E-state index in [2.05, 4.69) is 17.0 Å². The number of sulfonamides is 1. The first-order chi connectivity index (χ1) is 10.1. The van der Waals surface area contributed by atoms with Crippen molar-refractivity contribution in [2.24, 2.45) is 0 Å². The molecule has 1 unspecified atom stereocenters. The zero-order valence-electron chi connectivity index (χ0n) is 12.8. The van der Waals surface area contributed by atoms with Gasteiger partial charge in [-0.2, -0.15) is 0 Å². The Hall–Kier alpha value is -0.890. The summed E-state index contributed by atoms with van der Waals surface area (Å²) in [4.78, 5) is 0.333. The molecule has 2 N–H and O–H groups in total. The number of hydrogen-bond acceptors (Lipinski definition) is 4. The summed E-state index contributed by atoms with van der Waals surface area (Å²) in [6.45, 7) is 4.63. The maximum Gasteiger partial charge on any atom is 0.242 e. The average Bonchev–Trinajstić information content (AvgIpc) is 3.08. The molecule has 0 aromatic carbocycles. The van der Waals surface area contributed by atoms with Gasteiger partial charge in [0.15, 0.2) is 0 Å². The van der Waals surface area contributed by atoms with Gasteiger partial charge in [0, 0.05) is 38.1 Å². The quantitative estimate of drug-likeness (QED) is 0.753. The van der Waals surface area contributed by atoms with Gasteiger partial charge in [0.25, 0.3) is 0 Å². The number of hydrogen-bond donors (Lipinski definition) is 2. The van der Waals surface area contributed by atoms with Crippen LogP contribution in [0.5, 0.6) is 0 Å². The molecule has 6 nitrogen and oxygen atoms in total. The summed E-state index contributed by atoms with van der Waals surface area (Å²) < 4.78 is 34.8. The number of aryl methyl sites for hydroxylation is 1. The van der Waals surface area contributed by atoms with E-state index in [1.807, 2.05) is 11.6 Å². The van der Waals surface area contributed by atoms with Crippen LogP contribution in [-0.2, 0) is 27.8 Å². The smallest absolute Gasteiger partial charge is 0.242 e. The molecule has 1 saturated heterocycles. The predicted octanol–water partition coefficient (Wildman–Crippen LogP) is 1.07. The fraction of sp³-hybridized carbons (Fsp3) is 0.714. The van der Waals surface area contributed by atoms with E-state index in [0.29, 0.717) is 18.0 Å². The van der Waals surface area contributed by atoms with E-state index in [9.17, 15) is 8.42 Å². The van der Waals surface area contributed by atoms with Crippen LogP contribution in [0, 0.1) is 0 Å². The van der Waals surface area contributed by atoms with Gasteiger partial charge in [-0.05, 0) is 32.4 Å². The molecule has 21 heavy (non-hydrogen) atoms. The first-order valence-electron chi connectivity index (χ1n) is 7.51. The van der Waals surface area contributed by atoms with Crippen molar-refractivity contribution in [2.75, 3.05) is 20.2 Å². The maximum atomic E-state index is 12.4. The topological polar surface area (TPSA) is 72.4 Å². The highest BCUT2D eigenvalue weighted by molar-refractivity contribution is 7.89. The van der Waals surface area contributed by atoms with Gasteiger partial charge in [-0.3, -0.25) is 0 Å². The lowest BCUT2D eigenvalue weighted by atomic mass is 10.2. The summed E-state index contributed by atoms with van der Waals surface area (Å²) in [5, 5.41) is 3.07. The summed E-state index contributed by atoms with van der Waals surface area (Å²) in [5.41, 5.74) is 0.983. The van der Waals surface area contributed by atoms with Crippen molar-refractivity contribution >= 4 is 10.0 Å². The third-order valence-electron chi connectivity index (χ3n) is 3.62. The normalized spacial score (nSPS) is 19.2. The van der Waals surface area contributed by atoms with Crippen LogP contribution in [0.3, 0.4) is 0 Å². The molecule has 7 heteroatoms. The van der Waals surface area contributed by atoms with Crippen molar-refractivity contribution in [3.63, 3.8) is 0 Å². The van der Waals surface area contributed by atoms with Crippen molar-refractivity contribution in [3.8, 4) is 0 Å². The summed E-state index contributed by atoms with van der Waals surface area (Å²) in [7, 11) is -1.61. The standard InChI is InChI=1S/C14H25N3O3S/c1-3-6-17-11-14(8-12(17)9-15-2)21(18,19)16-10-13-5-4-7-20-13/h8,11,13,15-16H,3-7,9-10H2,1-2H3. The molecule has 0 bridgehead atoms. The Bertz CT molecular complexity index is 524. The molecule has 0 aliphatic carbocycles. The molecule has 0 saturated carbocycles. The van der Waals surface area contributed by atoms with Gasteiger partial charge >= 0.3 is 0 Å². The molecular weight excluding hydrogens is 290 g/mol. The highest BCUT2D eigenvalue weighted by Gasteiger charge is 2.22. The molecule has 1 fully saturated rings. The SMILES string of the molecule is CCCn1cc(S(=O)(=O)NCC2CCCO2)cc1CNC. The molecule has 1 aliphatic rings. The second kappa shape index (κ2) is 7.40. The Balaban J connectivity index is 2.08. The lowest BCUT2D eigenvalue weighted by molar-refractivity contribution is 0.114. The molecule has 2 heterocycles. The van der Waals surface area contributed by atoms with Gasteiger partial charge in [0.2, 0.25) is 10.0 Å². The van der Waals surface area contributed by atoms with Crippen LogP contribution in [0.2, 0.25) is 0 Å². The zero-order chi connectivity index (χ0) is 15.3. The molecule has 1 aromatic rings. The second-order valence-electron chi connectivity index (χ2n) is 5.38. The first-order valence-corrected chi connectivity index (χ1v) is 9.00. The fourth-order valence-electron chi connectivity index (χ4n) is 2.54. The lowest BCUT2D eigenvalue weighted by Gasteiger charge is -2.10. The Labute approximate surface area is 126 Å². The minimum atomic E-state index is -3.46. The van der Waals surface area contributed by atoms with E-state index in [0.717, 1.165) is 38.1 Å². The molecule has 0 spiro atoms. The van der Waals surface area contributed by atoms with Crippen molar-refractivity contribution in [1.29, 1.82) is 0 Å². The number of ether oxygens (including phenoxy) is 1. The monoisotopic (exact) mass is 315 g/mol. The van der Waals surface area contributed by atoms with Crippen molar-refractivity contribution in [2.45, 2.75) is 50.3 Å². The third kappa shape index (κ3) is 4.29. The van der Waals surface area contributed by atoms with Gasteiger partial charge in [-0.1, -0.05) is 6.92 Å². The minimum absolute atomic E-state index is 0.00859. The highest BCUT2D eigenvalue weighted by atomic mass is 32.2. The Morgan fingerprint density at radius 3 is 2.90 bits per heavy atom. The van der Waals surface area contributed by atoms with Crippen LogP contribution in [0.4, 0.5) is 0 Å². The molecular formula is C14H25N3O3S. The zero-order valence-corrected chi connectivity index (χ0v) is 13.6. The van der Waals surface area contributed by atoms with E-state index in [1.165, 1.54) is 0 Å². The van der Waals surface area contributed by atoms with Gasteiger partial charge < -0.3 is 14.6 Å². The van der Waals surface area contributed by atoms with Crippen LogP contribution < -0.4 is 10.0 Å². The number of nitrogens with one attached hydrogen (secondary N) is 2. The molecule has 120 valence electrons. The Kier molecular flexibility index (Phi) is 5.80. The van der Waals surface area contributed by atoms with Gasteiger partial charge in [0.05, 0.1) is 11.0 Å². The summed E-state index contributed by atoms with van der Waals surface area (Å²) in [6, 6.07) is 1.74. The number of nitrogens with zero attached hydrogens (tertiary/aromatic N) is 1.